The molecule has 0 aliphatic heterocycles. The minimum absolute atomic E-state index is 0.0772. The first-order chi connectivity index (χ1) is 11.6. The van der Waals surface area contributed by atoms with Gasteiger partial charge in [-0.3, -0.25) is 4.79 Å². The first kappa shape index (κ1) is 18.7. The molecular formula is C18H20BrNO3S. The molecule has 1 heterocycles. The number of rotatable bonds is 7. The highest BCUT2D eigenvalue weighted by Crippen LogP contribution is 2.36. The Hall–Kier alpha value is -1.66. The van der Waals surface area contributed by atoms with Gasteiger partial charge in [0.25, 0.3) is 0 Å². The molecule has 0 aliphatic carbocycles. The molecule has 2 rings (SSSR count). The molecule has 0 saturated carbocycles. The van der Waals surface area contributed by atoms with Gasteiger partial charge >= 0.3 is 5.97 Å². The number of hydrogen-bond acceptors (Lipinski definition) is 4. The second-order valence-electron chi connectivity index (χ2n) is 5.23. The van der Waals surface area contributed by atoms with Crippen molar-refractivity contribution in [2.75, 3.05) is 11.9 Å². The number of benzene rings is 1. The summed E-state index contributed by atoms with van der Waals surface area (Å²) >= 11 is 4.75. The maximum Gasteiger partial charge on any atom is 0.341 e. The van der Waals surface area contributed by atoms with Gasteiger partial charge in [-0.2, -0.15) is 0 Å². The molecule has 4 nitrogen and oxygen atoms in total. The van der Waals surface area contributed by atoms with Crippen LogP contribution in [0.1, 0.15) is 43.5 Å². The molecule has 0 bridgehead atoms. The molecule has 0 radical (unpaired) electrons. The Balaban J connectivity index is 2.35. The molecule has 1 N–H and O–H groups in total. The van der Waals surface area contributed by atoms with Gasteiger partial charge in [0.05, 0.1) is 6.61 Å². The third-order valence-corrected chi connectivity index (χ3v) is 4.86. The summed E-state index contributed by atoms with van der Waals surface area (Å²) in [7, 11) is 0. The van der Waals surface area contributed by atoms with Gasteiger partial charge in [-0.1, -0.05) is 41.4 Å². The fourth-order valence-electron chi connectivity index (χ4n) is 2.22. The van der Waals surface area contributed by atoms with E-state index in [9.17, 15) is 9.59 Å². The molecule has 2 aromatic rings. The normalized spacial score (nSPS) is 10.5. The lowest BCUT2D eigenvalue weighted by Gasteiger charge is -2.09. The third kappa shape index (κ3) is 4.68. The van der Waals surface area contributed by atoms with Gasteiger partial charge in [0.15, 0.2) is 0 Å². The van der Waals surface area contributed by atoms with Crippen molar-refractivity contribution in [2.24, 2.45) is 0 Å². The quantitative estimate of drug-likeness (QED) is 0.615. The summed E-state index contributed by atoms with van der Waals surface area (Å²) in [5, 5.41) is 5.28. The number of anilines is 1. The average molecular weight is 410 g/mol. The molecule has 0 atom stereocenters. The number of hydrogen-bond donors (Lipinski definition) is 1. The van der Waals surface area contributed by atoms with Crippen LogP contribution in [-0.2, 0) is 9.53 Å². The van der Waals surface area contributed by atoms with E-state index in [2.05, 4.69) is 21.2 Å². The topological polar surface area (TPSA) is 55.4 Å². The molecule has 0 unspecified atom stereocenters. The number of nitrogens with one attached hydrogen (secondary N) is 1. The van der Waals surface area contributed by atoms with Crippen molar-refractivity contribution >= 4 is 44.1 Å². The Labute approximate surface area is 154 Å². The van der Waals surface area contributed by atoms with Crippen LogP contribution < -0.4 is 5.32 Å². The number of esters is 1. The second-order valence-corrected chi connectivity index (χ2v) is 7.03. The molecule has 128 valence electrons. The monoisotopic (exact) mass is 409 g/mol. The molecule has 0 aliphatic rings. The van der Waals surface area contributed by atoms with Crippen molar-refractivity contribution < 1.29 is 14.3 Å². The molecular weight excluding hydrogens is 390 g/mol. The number of halogens is 1. The van der Waals surface area contributed by atoms with E-state index in [0.717, 1.165) is 28.4 Å². The van der Waals surface area contributed by atoms with Gasteiger partial charge in [-0.05, 0) is 31.0 Å². The van der Waals surface area contributed by atoms with E-state index in [1.165, 1.54) is 11.3 Å². The lowest BCUT2D eigenvalue weighted by atomic mass is 10.0. The number of carbonyl (C=O) groups is 2. The van der Waals surface area contributed by atoms with E-state index in [4.69, 9.17) is 4.74 Å². The summed E-state index contributed by atoms with van der Waals surface area (Å²) in [4.78, 5) is 24.4. The van der Waals surface area contributed by atoms with E-state index < -0.39 is 5.97 Å². The van der Waals surface area contributed by atoms with Crippen LogP contribution in [0.3, 0.4) is 0 Å². The molecule has 1 amide bonds. The largest absolute Gasteiger partial charge is 0.462 e. The summed E-state index contributed by atoms with van der Waals surface area (Å²) in [5.74, 6) is -0.492. The number of unbranched alkanes of at least 4 members (excludes halogenated alkanes) is 1. The van der Waals surface area contributed by atoms with Crippen LogP contribution in [-0.4, -0.2) is 18.5 Å². The van der Waals surface area contributed by atoms with Crippen LogP contribution in [0.15, 0.2) is 34.1 Å². The molecule has 1 aromatic carbocycles. The van der Waals surface area contributed by atoms with Crippen molar-refractivity contribution in [2.45, 2.75) is 33.1 Å². The minimum Gasteiger partial charge on any atom is -0.462 e. The van der Waals surface area contributed by atoms with Crippen LogP contribution in [0, 0.1) is 0 Å². The van der Waals surface area contributed by atoms with Gasteiger partial charge < -0.3 is 10.1 Å². The zero-order valence-electron chi connectivity index (χ0n) is 13.7. The minimum atomic E-state index is -0.414. The summed E-state index contributed by atoms with van der Waals surface area (Å²) in [5.41, 5.74) is 2.11. The van der Waals surface area contributed by atoms with E-state index in [0.29, 0.717) is 17.0 Å². The first-order valence-electron chi connectivity index (χ1n) is 7.91. The molecule has 6 heteroatoms. The Bertz CT molecular complexity index is 710. The summed E-state index contributed by atoms with van der Waals surface area (Å²) < 4.78 is 6.15. The highest BCUT2D eigenvalue weighted by molar-refractivity contribution is 9.10. The van der Waals surface area contributed by atoms with Gasteiger partial charge in [0.2, 0.25) is 5.91 Å². The van der Waals surface area contributed by atoms with E-state index in [-0.39, 0.29) is 12.5 Å². The van der Waals surface area contributed by atoms with E-state index in [1.54, 1.807) is 6.92 Å². The van der Waals surface area contributed by atoms with Gasteiger partial charge in [-0.25, -0.2) is 4.79 Å². The zero-order valence-corrected chi connectivity index (χ0v) is 16.1. The van der Waals surface area contributed by atoms with Gasteiger partial charge in [0.1, 0.15) is 10.6 Å². The van der Waals surface area contributed by atoms with E-state index >= 15 is 0 Å². The van der Waals surface area contributed by atoms with Crippen molar-refractivity contribution in [3.8, 4) is 11.1 Å². The fourth-order valence-corrected chi connectivity index (χ4v) is 3.46. The van der Waals surface area contributed by atoms with Crippen LogP contribution in [0.5, 0.6) is 0 Å². The number of amides is 1. The predicted molar refractivity (Wildman–Crippen MR) is 102 cm³/mol. The molecule has 24 heavy (non-hydrogen) atoms. The van der Waals surface area contributed by atoms with Crippen molar-refractivity contribution in [1.29, 1.82) is 0 Å². The van der Waals surface area contributed by atoms with Crippen LogP contribution in [0.25, 0.3) is 11.1 Å². The maximum absolute atomic E-state index is 12.4. The average Bonchev–Trinajstić information content (AvgIpc) is 2.97. The molecule has 1 aromatic heterocycles. The second kappa shape index (κ2) is 8.99. The summed E-state index contributed by atoms with van der Waals surface area (Å²) in [6.45, 7) is 4.09. The number of carbonyl (C=O) groups excluding carboxylic acids is 2. The van der Waals surface area contributed by atoms with Crippen LogP contribution in [0.4, 0.5) is 5.00 Å². The van der Waals surface area contributed by atoms with Crippen LogP contribution in [0.2, 0.25) is 0 Å². The number of ether oxygens (including phenoxy) is 1. The SMILES string of the molecule is CCCCC(=O)Nc1scc(-c2ccc(Br)cc2)c1C(=O)OCC. The summed E-state index contributed by atoms with van der Waals surface area (Å²) in [6.07, 6.45) is 2.22. The van der Waals surface area contributed by atoms with Crippen molar-refractivity contribution in [3.05, 3.63) is 39.7 Å². The Morgan fingerprint density at radius 3 is 2.54 bits per heavy atom. The first-order valence-corrected chi connectivity index (χ1v) is 9.58. The molecule has 0 spiro atoms. The Morgan fingerprint density at radius 2 is 1.92 bits per heavy atom. The lowest BCUT2D eigenvalue weighted by Crippen LogP contribution is -2.14. The van der Waals surface area contributed by atoms with E-state index in [1.807, 2.05) is 36.6 Å². The van der Waals surface area contributed by atoms with Gasteiger partial charge in [-0.15, -0.1) is 11.3 Å². The standard InChI is InChI=1S/C18H20BrNO3S/c1-3-5-6-15(21)20-17-16(18(22)23-4-2)14(11-24-17)12-7-9-13(19)10-8-12/h7-11H,3-6H2,1-2H3,(H,20,21). The molecule has 0 saturated heterocycles. The van der Waals surface area contributed by atoms with Gasteiger partial charge in [0, 0.05) is 21.8 Å². The summed E-state index contributed by atoms with van der Waals surface area (Å²) in [6, 6.07) is 7.69. The Morgan fingerprint density at radius 1 is 1.21 bits per heavy atom. The predicted octanol–water partition coefficient (Wildman–Crippen LogP) is 5.48. The maximum atomic E-state index is 12.4. The zero-order chi connectivity index (χ0) is 17.5. The lowest BCUT2D eigenvalue weighted by molar-refractivity contribution is -0.116. The van der Waals surface area contributed by atoms with Crippen LogP contribution >= 0.6 is 27.3 Å². The number of thiophene rings is 1. The highest BCUT2D eigenvalue weighted by atomic mass is 79.9. The van der Waals surface area contributed by atoms with Crippen molar-refractivity contribution in [1.82, 2.24) is 0 Å². The third-order valence-electron chi connectivity index (χ3n) is 3.44. The highest BCUT2D eigenvalue weighted by Gasteiger charge is 2.22. The van der Waals surface area contributed by atoms with Crippen molar-refractivity contribution in [3.63, 3.8) is 0 Å². The smallest absolute Gasteiger partial charge is 0.341 e. The Kier molecular flexibility index (Phi) is 6.99. The molecule has 0 fully saturated rings. The fraction of sp³-hybridized carbons (Fsp3) is 0.333.